The highest BCUT2D eigenvalue weighted by molar-refractivity contribution is 5.16. The van der Waals surface area contributed by atoms with Gasteiger partial charge in [0.1, 0.15) is 5.82 Å². The second-order valence-corrected chi connectivity index (χ2v) is 5.75. The molecule has 2 unspecified atom stereocenters. The van der Waals surface area contributed by atoms with E-state index in [-0.39, 0.29) is 5.82 Å². The predicted octanol–water partition coefficient (Wildman–Crippen LogP) is 3.78. The molecule has 0 saturated heterocycles. The Morgan fingerprint density at radius 1 is 1.22 bits per heavy atom. The zero-order chi connectivity index (χ0) is 13.0. The number of benzene rings is 1. The molecule has 1 aromatic rings. The maximum Gasteiger partial charge on any atom is 0.123 e. The Morgan fingerprint density at radius 2 is 1.94 bits per heavy atom. The fourth-order valence-corrected chi connectivity index (χ4v) is 3.16. The number of hydrogen-bond donors (Lipinski definition) is 1. The summed E-state index contributed by atoms with van der Waals surface area (Å²) in [5.74, 6) is 1.40. The van der Waals surface area contributed by atoms with Gasteiger partial charge in [-0.25, -0.2) is 4.39 Å². The van der Waals surface area contributed by atoms with Crippen LogP contribution in [0.3, 0.4) is 0 Å². The van der Waals surface area contributed by atoms with Crippen LogP contribution in [0.1, 0.15) is 38.7 Å². The van der Waals surface area contributed by atoms with Crippen molar-refractivity contribution in [2.24, 2.45) is 11.8 Å². The zero-order valence-electron chi connectivity index (χ0n) is 11.5. The van der Waals surface area contributed by atoms with Crippen molar-refractivity contribution < 1.29 is 4.39 Å². The van der Waals surface area contributed by atoms with Gasteiger partial charge in [0, 0.05) is 6.04 Å². The predicted molar refractivity (Wildman–Crippen MR) is 74.1 cm³/mol. The van der Waals surface area contributed by atoms with E-state index in [0.29, 0.717) is 6.04 Å². The molecule has 1 aliphatic carbocycles. The highest BCUT2D eigenvalue weighted by Gasteiger charge is 2.26. The van der Waals surface area contributed by atoms with Crippen LogP contribution in [0.25, 0.3) is 0 Å². The van der Waals surface area contributed by atoms with Crippen molar-refractivity contribution in [3.05, 3.63) is 35.6 Å². The molecular weight excluding hydrogens is 225 g/mol. The van der Waals surface area contributed by atoms with E-state index in [1.807, 2.05) is 6.07 Å². The van der Waals surface area contributed by atoms with Gasteiger partial charge in [-0.3, -0.25) is 0 Å². The summed E-state index contributed by atoms with van der Waals surface area (Å²) in [7, 11) is 0. The topological polar surface area (TPSA) is 12.0 Å². The smallest absolute Gasteiger partial charge is 0.123 e. The van der Waals surface area contributed by atoms with E-state index in [1.54, 1.807) is 12.1 Å². The Hall–Kier alpha value is -0.890. The first-order valence-electron chi connectivity index (χ1n) is 7.14. The molecule has 2 atom stereocenters. The van der Waals surface area contributed by atoms with Gasteiger partial charge < -0.3 is 5.32 Å². The molecule has 1 nitrogen and oxygen atoms in total. The second-order valence-electron chi connectivity index (χ2n) is 5.75. The van der Waals surface area contributed by atoms with Crippen molar-refractivity contribution in [1.82, 2.24) is 5.32 Å². The third-order valence-corrected chi connectivity index (χ3v) is 4.23. The maximum atomic E-state index is 13.1. The highest BCUT2D eigenvalue weighted by Crippen LogP contribution is 2.28. The van der Waals surface area contributed by atoms with Gasteiger partial charge in [-0.15, -0.1) is 0 Å². The number of hydrogen-bond acceptors (Lipinski definition) is 1. The van der Waals surface area contributed by atoms with Crippen LogP contribution in [0.15, 0.2) is 24.3 Å². The molecule has 100 valence electrons. The molecule has 1 fully saturated rings. The molecule has 18 heavy (non-hydrogen) atoms. The van der Waals surface area contributed by atoms with Crippen molar-refractivity contribution in [3.8, 4) is 0 Å². The molecule has 1 aliphatic rings. The summed E-state index contributed by atoms with van der Waals surface area (Å²) in [5, 5.41) is 3.67. The average molecular weight is 249 g/mol. The molecular formula is C16H24FN. The fourth-order valence-electron chi connectivity index (χ4n) is 3.16. The van der Waals surface area contributed by atoms with E-state index in [0.717, 1.165) is 30.4 Å². The van der Waals surface area contributed by atoms with Crippen molar-refractivity contribution >= 4 is 0 Å². The molecule has 1 N–H and O–H groups in total. The Balaban J connectivity index is 1.81. The van der Waals surface area contributed by atoms with Crippen LogP contribution >= 0.6 is 0 Å². The van der Waals surface area contributed by atoms with E-state index >= 15 is 0 Å². The molecule has 1 saturated carbocycles. The molecule has 0 aliphatic heterocycles. The molecule has 2 rings (SSSR count). The molecule has 0 amide bonds. The number of nitrogens with one attached hydrogen (secondary N) is 1. The van der Waals surface area contributed by atoms with Crippen LogP contribution in [0.5, 0.6) is 0 Å². The molecule has 0 spiro atoms. The van der Waals surface area contributed by atoms with Crippen LogP contribution in [-0.2, 0) is 6.42 Å². The van der Waals surface area contributed by atoms with Gasteiger partial charge in [-0.05, 0) is 55.3 Å². The molecule has 1 aromatic carbocycles. The monoisotopic (exact) mass is 249 g/mol. The third kappa shape index (κ3) is 3.55. The third-order valence-electron chi connectivity index (χ3n) is 4.23. The van der Waals surface area contributed by atoms with Crippen LogP contribution in [0, 0.1) is 17.7 Å². The van der Waals surface area contributed by atoms with Crippen molar-refractivity contribution in [3.63, 3.8) is 0 Å². The summed E-state index contributed by atoms with van der Waals surface area (Å²) >= 11 is 0. The SMILES string of the molecule is CC1CCCC(C)C1NCCc1cccc(F)c1. The van der Waals surface area contributed by atoms with Gasteiger partial charge in [-0.2, -0.15) is 0 Å². The van der Waals surface area contributed by atoms with Crippen molar-refractivity contribution in [1.29, 1.82) is 0 Å². The van der Waals surface area contributed by atoms with Gasteiger partial charge in [0.15, 0.2) is 0 Å². The maximum absolute atomic E-state index is 13.1. The van der Waals surface area contributed by atoms with Gasteiger partial charge in [0.2, 0.25) is 0 Å². The lowest BCUT2D eigenvalue weighted by Gasteiger charge is -2.35. The lowest BCUT2D eigenvalue weighted by molar-refractivity contribution is 0.210. The summed E-state index contributed by atoms with van der Waals surface area (Å²) in [4.78, 5) is 0. The van der Waals surface area contributed by atoms with Gasteiger partial charge in [0.05, 0.1) is 0 Å². The van der Waals surface area contributed by atoms with E-state index in [1.165, 1.54) is 25.3 Å². The standard InChI is InChI=1S/C16H24FN/c1-12-5-3-6-13(2)16(12)18-10-9-14-7-4-8-15(17)11-14/h4,7-8,11-13,16,18H,3,5-6,9-10H2,1-2H3. The first-order valence-corrected chi connectivity index (χ1v) is 7.14. The first kappa shape index (κ1) is 13.5. The fraction of sp³-hybridized carbons (Fsp3) is 0.625. The summed E-state index contributed by atoms with van der Waals surface area (Å²) in [6, 6.07) is 7.56. The second kappa shape index (κ2) is 6.33. The van der Waals surface area contributed by atoms with Gasteiger partial charge in [0.25, 0.3) is 0 Å². The summed E-state index contributed by atoms with van der Waals surface area (Å²) in [5.41, 5.74) is 1.08. The lowest BCUT2D eigenvalue weighted by atomic mass is 9.78. The van der Waals surface area contributed by atoms with Crippen molar-refractivity contribution in [2.45, 2.75) is 45.6 Å². The van der Waals surface area contributed by atoms with Crippen molar-refractivity contribution in [2.75, 3.05) is 6.54 Å². The number of halogens is 1. The van der Waals surface area contributed by atoms with Gasteiger partial charge in [-0.1, -0.05) is 32.4 Å². The van der Waals surface area contributed by atoms with E-state index < -0.39 is 0 Å². The first-order chi connectivity index (χ1) is 8.66. The summed E-state index contributed by atoms with van der Waals surface area (Å²) < 4.78 is 13.1. The molecule has 0 heterocycles. The Morgan fingerprint density at radius 3 is 2.61 bits per heavy atom. The summed E-state index contributed by atoms with van der Waals surface area (Å²) in [6.07, 6.45) is 4.95. The molecule has 0 aromatic heterocycles. The molecule has 0 bridgehead atoms. The largest absolute Gasteiger partial charge is 0.313 e. The number of rotatable bonds is 4. The van der Waals surface area contributed by atoms with Crippen LogP contribution in [0.4, 0.5) is 4.39 Å². The molecule has 2 heteroatoms. The lowest BCUT2D eigenvalue weighted by Crippen LogP contribution is -2.43. The van der Waals surface area contributed by atoms with Crippen LogP contribution < -0.4 is 5.32 Å². The highest BCUT2D eigenvalue weighted by atomic mass is 19.1. The Labute approximate surface area is 110 Å². The Kier molecular flexibility index (Phi) is 4.76. The minimum Gasteiger partial charge on any atom is -0.313 e. The summed E-state index contributed by atoms with van der Waals surface area (Å²) in [6.45, 7) is 5.63. The quantitative estimate of drug-likeness (QED) is 0.856. The Bertz CT molecular complexity index is 367. The average Bonchev–Trinajstić information content (AvgIpc) is 2.33. The zero-order valence-corrected chi connectivity index (χ0v) is 11.5. The van der Waals surface area contributed by atoms with Gasteiger partial charge >= 0.3 is 0 Å². The van der Waals surface area contributed by atoms with E-state index in [2.05, 4.69) is 19.2 Å². The van der Waals surface area contributed by atoms with Crippen LogP contribution in [0.2, 0.25) is 0 Å². The van der Waals surface area contributed by atoms with Crippen LogP contribution in [-0.4, -0.2) is 12.6 Å². The normalized spacial score (nSPS) is 28.3. The molecule has 0 radical (unpaired) electrons. The minimum absolute atomic E-state index is 0.132. The minimum atomic E-state index is -0.132. The van der Waals surface area contributed by atoms with E-state index in [9.17, 15) is 4.39 Å². The van der Waals surface area contributed by atoms with E-state index in [4.69, 9.17) is 0 Å².